The van der Waals surface area contributed by atoms with Gasteiger partial charge in [-0.15, -0.1) is 6.58 Å². The highest BCUT2D eigenvalue weighted by atomic mass is 32.2. The molecule has 2 N–H and O–H groups in total. The summed E-state index contributed by atoms with van der Waals surface area (Å²) in [7, 11) is 0. The van der Waals surface area contributed by atoms with Crippen molar-refractivity contribution in [2.45, 2.75) is 13.0 Å². The molecule has 1 heterocycles. The zero-order chi connectivity index (χ0) is 11.9. The number of para-hydroxylation sites is 1. The fraction of sp³-hybridized carbons (Fsp3) is 0.429. The Hall–Kier alpha value is -0.930. The van der Waals surface area contributed by atoms with Gasteiger partial charge >= 0.3 is 0 Å². The summed E-state index contributed by atoms with van der Waals surface area (Å²) in [4.78, 5) is 0. The summed E-state index contributed by atoms with van der Waals surface area (Å²) >= 11 is 1.92. The van der Waals surface area contributed by atoms with Gasteiger partial charge in [0.05, 0.1) is 0 Å². The summed E-state index contributed by atoms with van der Waals surface area (Å²) < 4.78 is 0. The Morgan fingerprint density at radius 3 is 3.29 bits per heavy atom. The molecule has 0 saturated heterocycles. The number of benzene rings is 1. The average molecular weight is 248 g/mol. The summed E-state index contributed by atoms with van der Waals surface area (Å²) in [6.07, 6.45) is 3.12. The number of hydrogen-bond acceptors (Lipinski definition) is 3. The lowest BCUT2D eigenvalue weighted by Crippen LogP contribution is -2.17. The Bertz CT molecular complexity index is 376. The Labute approximate surface area is 108 Å². The summed E-state index contributed by atoms with van der Waals surface area (Å²) in [6.45, 7) is 6.82. The molecule has 3 heteroatoms. The maximum absolute atomic E-state index is 3.72. The van der Waals surface area contributed by atoms with Crippen molar-refractivity contribution in [3.05, 3.63) is 42.0 Å². The molecule has 0 saturated carbocycles. The Balaban J connectivity index is 1.76. The second-order valence-corrected chi connectivity index (χ2v) is 5.32. The molecular formula is C14H20N2S. The monoisotopic (exact) mass is 248 g/mol. The second kappa shape index (κ2) is 6.72. The highest BCUT2D eigenvalue weighted by Crippen LogP contribution is 2.26. The molecule has 17 heavy (non-hydrogen) atoms. The first-order chi connectivity index (χ1) is 8.42. The maximum atomic E-state index is 3.72. The van der Waals surface area contributed by atoms with Gasteiger partial charge in [0.1, 0.15) is 0 Å². The molecule has 92 valence electrons. The van der Waals surface area contributed by atoms with Gasteiger partial charge in [0.15, 0.2) is 0 Å². The normalized spacial score (nSPS) is 13.2. The third kappa shape index (κ3) is 3.51. The highest BCUT2D eigenvalue weighted by Gasteiger charge is 2.12. The van der Waals surface area contributed by atoms with Crippen molar-refractivity contribution in [1.29, 1.82) is 0 Å². The van der Waals surface area contributed by atoms with E-state index in [9.17, 15) is 0 Å². The molecule has 0 aliphatic carbocycles. The lowest BCUT2D eigenvalue weighted by atomic mass is 10.1. The van der Waals surface area contributed by atoms with Crippen LogP contribution in [0.15, 0.2) is 30.9 Å². The number of hydrogen-bond donors (Lipinski definition) is 2. The van der Waals surface area contributed by atoms with Gasteiger partial charge in [0.2, 0.25) is 0 Å². The standard InChI is InChI=1S/C14H20N2S/c1-2-9-17-10-8-15-11-13-5-3-4-12-6-7-16-14(12)13/h2-5,15-16H,1,6-11H2. The first-order valence-corrected chi connectivity index (χ1v) is 7.31. The van der Waals surface area contributed by atoms with Crippen LogP contribution in [0.1, 0.15) is 11.1 Å². The van der Waals surface area contributed by atoms with Crippen LogP contribution < -0.4 is 10.6 Å². The Morgan fingerprint density at radius 2 is 2.41 bits per heavy atom. The fourth-order valence-electron chi connectivity index (χ4n) is 2.09. The molecule has 0 fully saturated rings. The minimum absolute atomic E-state index is 0.963. The topological polar surface area (TPSA) is 24.1 Å². The molecule has 1 aromatic carbocycles. The first-order valence-electron chi connectivity index (χ1n) is 6.16. The largest absolute Gasteiger partial charge is 0.384 e. The van der Waals surface area contributed by atoms with Crippen molar-refractivity contribution in [2.75, 3.05) is 29.9 Å². The maximum Gasteiger partial charge on any atom is 0.0419 e. The van der Waals surface area contributed by atoms with Gasteiger partial charge in [-0.25, -0.2) is 0 Å². The van der Waals surface area contributed by atoms with Crippen molar-refractivity contribution in [1.82, 2.24) is 5.32 Å². The van der Waals surface area contributed by atoms with E-state index in [2.05, 4.69) is 35.4 Å². The third-order valence-electron chi connectivity index (χ3n) is 2.91. The highest BCUT2D eigenvalue weighted by molar-refractivity contribution is 7.99. The summed E-state index contributed by atoms with van der Waals surface area (Å²) in [5, 5.41) is 6.97. The van der Waals surface area contributed by atoms with Crippen LogP contribution in [0.5, 0.6) is 0 Å². The van der Waals surface area contributed by atoms with Gasteiger partial charge in [0.25, 0.3) is 0 Å². The lowest BCUT2D eigenvalue weighted by molar-refractivity contribution is 0.733. The number of anilines is 1. The molecule has 1 aromatic rings. The molecule has 1 aliphatic rings. The molecule has 0 radical (unpaired) electrons. The van der Waals surface area contributed by atoms with Crippen LogP contribution in [0.2, 0.25) is 0 Å². The SMILES string of the molecule is C=CCSCCNCc1cccc2c1NCC2. The van der Waals surface area contributed by atoms with Gasteiger partial charge < -0.3 is 10.6 Å². The van der Waals surface area contributed by atoms with Crippen molar-refractivity contribution < 1.29 is 0 Å². The van der Waals surface area contributed by atoms with Crippen molar-refractivity contribution >= 4 is 17.4 Å². The molecule has 0 aromatic heterocycles. The number of thioether (sulfide) groups is 1. The van der Waals surface area contributed by atoms with Gasteiger partial charge in [-0.05, 0) is 17.5 Å². The first kappa shape index (κ1) is 12.5. The van der Waals surface area contributed by atoms with Gasteiger partial charge in [-0.3, -0.25) is 0 Å². The average Bonchev–Trinajstić information content (AvgIpc) is 2.82. The minimum Gasteiger partial charge on any atom is -0.384 e. The van der Waals surface area contributed by atoms with E-state index >= 15 is 0 Å². The molecule has 0 spiro atoms. The second-order valence-electron chi connectivity index (χ2n) is 4.17. The van der Waals surface area contributed by atoms with Crippen molar-refractivity contribution in [2.24, 2.45) is 0 Å². The molecule has 0 unspecified atom stereocenters. The van der Waals surface area contributed by atoms with E-state index in [1.807, 2.05) is 17.8 Å². The molecule has 2 nitrogen and oxygen atoms in total. The zero-order valence-corrected chi connectivity index (χ0v) is 11.0. The summed E-state index contributed by atoms with van der Waals surface area (Å²) in [5.74, 6) is 2.19. The van der Waals surface area contributed by atoms with E-state index in [0.29, 0.717) is 0 Å². The molecule has 2 rings (SSSR count). The number of fused-ring (bicyclic) bond motifs is 1. The van der Waals surface area contributed by atoms with Crippen LogP contribution in [-0.4, -0.2) is 24.6 Å². The van der Waals surface area contributed by atoms with Crippen LogP contribution in [-0.2, 0) is 13.0 Å². The summed E-state index contributed by atoms with van der Waals surface area (Å²) in [6, 6.07) is 6.59. The Kier molecular flexibility index (Phi) is 4.95. The van der Waals surface area contributed by atoms with Gasteiger partial charge in [0, 0.05) is 36.8 Å². The number of rotatable bonds is 7. The van der Waals surface area contributed by atoms with E-state index < -0.39 is 0 Å². The zero-order valence-electron chi connectivity index (χ0n) is 10.2. The van der Waals surface area contributed by atoms with Crippen LogP contribution in [0, 0.1) is 0 Å². The van der Waals surface area contributed by atoms with Gasteiger partial charge in [-0.1, -0.05) is 24.3 Å². The van der Waals surface area contributed by atoms with Gasteiger partial charge in [-0.2, -0.15) is 11.8 Å². The predicted molar refractivity (Wildman–Crippen MR) is 77.9 cm³/mol. The third-order valence-corrected chi connectivity index (χ3v) is 3.87. The van der Waals surface area contributed by atoms with E-state index in [4.69, 9.17) is 0 Å². The minimum atomic E-state index is 0.963. The predicted octanol–water partition coefficient (Wildman–Crippen LogP) is 2.66. The molecular weight excluding hydrogens is 228 g/mol. The van der Waals surface area contributed by atoms with E-state index in [1.54, 1.807) is 0 Å². The van der Waals surface area contributed by atoms with Crippen LogP contribution in [0.3, 0.4) is 0 Å². The summed E-state index contributed by atoms with van der Waals surface area (Å²) in [5.41, 5.74) is 4.22. The molecule has 0 amide bonds. The van der Waals surface area contributed by atoms with Crippen molar-refractivity contribution in [3.8, 4) is 0 Å². The molecule has 0 bridgehead atoms. The smallest absolute Gasteiger partial charge is 0.0419 e. The fourth-order valence-corrected chi connectivity index (χ4v) is 2.71. The number of nitrogens with one attached hydrogen (secondary N) is 2. The Morgan fingerprint density at radius 1 is 1.47 bits per heavy atom. The van der Waals surface area contributed by atoms with Crippen LogP contribution in [0.25, 0.3) is 0 Å². The van der Waals surface area contributed by atoms with E-state index in [1.165, 1.54) is 23.2 Å². The quantitative estimate of drug-likeness (QED) is 0.573. The lowest BCUT2D eigenvalue weighted by Gasteiger charge is -2.09. The van der Waals surface area contributed by atoms with Crippen LogP contribution in [0.4, 0.5) is 5.69 Å². The van der Waals surface area contributed by atoms with E-state index in [0.717, 1.165) is 31.1 Å². The molecule has 1 aliphatic heterocycles. The van der Waals surface area contributed by atoms with E-state index in [-0.39, 0.29) is 0 Å². The molecule has 0 atom stereocenters. The van der Waals surface area contributed by atoms with Crippen molar-refractivity contribution in [3.63, 3.8) is 0 Å². The van der Waals surface area contributed by atoms with Crippen LogP contribution >= 0.6 is 11.8 Å².